The molecule has 0 aromatic rings. The van der Waals surface area contributed by atoms with Crippen LogP contribution in [0.25, 0.3) is 0 Å². The van der Waals surface area contributed by atoms with E-state index in [0.717, 1.165) is 12.7 Å². The Morgan fingerprint density at radius 3 is 2.54 bits per heavy atom. The van der Waals surface area contributed by atoms with E-state index in [1.165, 1.54) is 32.1 Å². The van der Waals surface area contributed by atoms with Crippen molar-refractivity contribution in [2.45, 2.75) is 45.4 Å². The summed E-state index contributed by atoms with van der Waals surface area (Å²) in [4.78, 5) is 9.90. The number of unbranched alkanes of at least 4 members (excludes halogenated alkanes) is 4. The van der Waals surface area contributed by atoms with Crippen molar-refractivity contribution in [1.82, 2.24) is 0 Å². The molecule has 0 N–H and O–H groups in total. The second kappa shape index (κ2) is 11.2. The first-order valence-corrected chi connectivity index (χ1v) is 5.17. The minimum Gasteiger partial charge on any atom is -0.299 e. The van der Waals surface area contributed by atoms with Crippen LogP contribution in [0.3, 0.4) is 0 Å². The summed E-state index contributed by atoms with van der Waals surface area (Å²) in [6.45, 7) is 2.22. The first kappa shape index (κ1) is 12.2. The molecule has 0 bridgehead atoms. The van der Waals surface area contributed by atoms with Gasteiger partial charge in [0.05, 0.1) is 0 Å². The van der Waals surface area contributed by atoms with E-state index in [0.29, 0.717) is 0 Å². The largest absolute Gasteiger partial charge is 0.299 e. The van der Waals surface area contributed by atoms with Gasteiger partial charge in [-0.15, -0.1) is 0 Å². The minimum absolute atomic E-state index is 0.815. The molecule has 0 aliphatic heterocycles. The van der Waals surface area contributed by atoms with Crippen LogP contribution in [0.2, 0.25) is 0 Å². The lowest BCUT2D eigenvalue weighted by molar-refractivity contribution is -0.104. The van der Waals surface area contributed by atoms with Gasteiger partial charge in [-0.3, -0.25) is 4.79 Å². The molecular weight excluding hydrogens is 160 g/mol. The van der Waals surface area contributed by atoms with Crippen molar-refractivity contribution in [2.75, 3.05) is 0 Å². The van der Waals surface area contributed by atoms with Gasteiger partial charge in [0.25, 0.3) is 0 Å². The monoisotopic (exact) mass is 180 g/mol. The van der Waals surface area contributed by atoms with Crippen LogP contribution in [-0.4, -0.2) is 6.29 Å². The van der Waals surface area contributed by atoms with Crippen LogP contribution in [-0.2, 0) is 4.79 Å². The van der Waals surface area contributed by atoms with E-state index >= 15 is 0 Å². The first-order valence-electron chi connectivity index (χ1n) is 5.17. The number of rotatable bonds is 8. The Hall–Kier alpha value is -0.850. The van der Waals surface area contributed by atoms with Crippen LogP contribution in [0.4, 0.5) is 0 Å². The van der Waals surface area contributed by atoms with Crippen LogP contribution in [0, 0.1) is 0 Å². The third-order valence-electron chi connectivity index (χ3n) is 1.88. The molecule has 0 rings (SSSR count). The minimum atomic E-state index is 0.815. The lowest BCUT2D eigenvalue weighted by Gasteiger charge is -1.93. The van der Waals surface area contributed by atoms with Gasteiger partial charge in [-0.1, -0.05) is 44.4 Å². The number of hydrogen-bond donors (Lipinski definition) is 0. The fourth-order valence-electron chi connectivity index (χ4n) is 1.12. The van der Waals surface area contributed by atoms with Crippen LogP contribution in [0.5, 0.6) is 0 Å². The fraction of sp³-hybridized carbons (Fsp3) is 0.583. The van der Waals surface area contributed by atoms with Crippen LogP contribution in [0.15, 0.2) is 24.3 Å². The summed E-state index contributed by atoms with van der Waals surface area (Å²) in [6.07, 6.45) is 15.9. The number of carbonyl (C=O) groups is 1. The summed E-state index contributed by atoms with van der Waals surface area (Å²) in [5, 5.41) is 0. The zero-order chi connectivity index (χ0) is 9.78. The molecule has 1 nitrogen and oxygen atoms in total. The predicted octanol–water partition coefficient (Wildman–Crippen LogP) is 3.66. The molecule has 0 aromatic heterocycles. The Balaban J connectivity index is 3.12. The summed E-state index contributed by atoms with van der Waals surface area (Å²) in [5.74, 6) is 0. The molecule has 74 valence electrons. The molecule has 0 atom stereocenters. The van der Waals surface area contributed by atoms with Crippen molar-refractivity contribution >= 4 is 6.29 Å². The maximum absolute atomic E-state index is 9.90. The SMILES string of the molecule is CCCCCC/C=C/C/C=C/C=O. The molecule has 1 heteroatoms. The van der Waals surface area contributed by atoms with Gasteiger partial charge >= 0.3 is 0 Å². The molecule has 0 aliphatic carbocycles. The van der Waals surface area contributed by atoms with Crippen molar-refractivity contribution in [2.24, 2.45) is 0 Å². The second-order valence-electron chi connectivity index (χ2n) is 3.12. The van der Waals surface area contributed by atoms with Gasteiger partial charge in [0.15, 0.2) is 0 Å². The van der Waals surface area contributed by atoms with Crippen molar-refractivity contribution in [1.29, 1.82) is 0 Å². The zero-order valence-electron chi connectivity index (χ0n) is 8.54. The van der Waals surface area contributed by atoms with E-state index in [1.54, 1.807) is 6.08 Å². The van der Waals surface area contributed by atoms with E-state index in [9.17, 15) is 4.79 Å². The number of allylic oxidation sites excluding steroid dienone is 4. The van der Waals surface area contributed by atoms with Gasteiger partial charge in [0, 0.05) is 0 Å². The third-order valence-corrected chi connectivity index (χ3v) is 1.88. The number of aldehydes is 1. The predicted molar refractivity (Wildman–Crippen MR) is 57.7 cm³/mol. The third kappa shape index (κ3) is 11.1. The molecule has 0 spiro atoms. The van der Waals surface area contributed by atoms with Gasteiger partial charge in [-0.05, 0) is 25.3 Å². The molecule has 0 heterocycles. The van der Waals surface area contributed by atoms with Gasteiger partial charge in [0.1, 0.15) is 6.29 Å². The smallest absolute Gasteiger partial charge is 0.142 e. The first-order chi connectivity index (χ1) is 6.41. The van der Waals surface area contributed by atoms with E-state index in [2.05, 4.69) is 19.1 Å². The quantitative estimate of drug-likeness (QED) is 0.241. The van der Waals surface area contributed by atoms with E-state index < -0.39 is 0 Å². The lowest BCUT2D eigenvalue weighted by Crippen LogP contribution is -1.73. The van der Waals surface area contributed by atoms with Crippen LogP contribution in [0.1, 0.15) is 45.4 Å². The van der Waals surface area contributed by atoms with Crippen LogP contribution >= 0.6 is 0 Å². The highest BCUT2D eigenvalue weighted by Gasteiger charge is 1.83. The molecule has 0 radical (unpaired) electrons. The average Bonchev–Trinajstić information content (AvgIpc) is 2.16. The van der Waals surface area contributed by atoms with Crippen molar-refractivity contribution in [3.05, 3.63) is 24.3 Å². The summed E-state index contributed by atoms with van der Waals surface area (Å²) >= 11 is 0. The van der Waals surface area contributed by atoms with E-state index in [4.69, 9.17) is 0 Å². The Labute approximate surface area is 81.5 Å². The number of carbonyl (C=O) groups excluding carboxylic acids is 1. The van der Waals surface area contributed by atoms with Gasteiger partial charge in [-0.2, -0.15) is 0 Å². The highest BCUT2D eigenvalue weighted by molar-refractivity contribution is 5.64. The van der Waals surface area contributed by atoms with Gasteiger partial charge < -0.3 is 0 Å². The summed E-state index contributed by atoms with van der Waals surface area (Å²) in [6, 6.07) is 0. The molecular formula is C12H20O. The maximum atomic E-state index is 9.90. The van der Waals surface area contributed by atoms with E-state index in [-0.39, 0.29) is 0 Å². The Morgan fingerprint density at radius 1 is 1.00 bits per heavy atom. The molecule has 0 aromatic carbocycles. The molecule has 0 fully saturated rings. The molecule has 0 aliphatic rings. The normalized spacial score (nSPS) is 11.5. The number of hydrogen-bond acceptors (Lipinski definition) is 1. The molecule has 0 unspecified atom stereocenters. The van der Waals surface area contributed by atoms with Crippen molar-refractivity contribution in [3.8, 4) is 0 Å². The Kier molecular flexibility index (Phi) is 10.4. The summed E-state index contributed by atoms with van der Waals surface area (Å²) in [5.41, 5.74) is 0. The van der Waals surface area contributed by atoms with Crippen molar-refractivity contribution < 1.29 is 4.79 Å². The fourth-order valence-corrected chi connectivity index (χ4v) is 1.12. The second-order valence-corrected chi connectivity index (χ2v) is 3.12. The van der Waals surface area contributed by atoms with Crippen LogP contribution < -0.4 is 0 Å². The highest BCUT2D eigenvalue weighted by atomic mass is 16.1. The average molecular weight is 180 g/mol. The maximum Gasteiger partial charge on any atom is 0.142 e. The summed E-state index contributed by atoms with van der Waals surface area (Å²) < 4.78 is 0. The highest BCUT2D eigenvalue weighted by Crippen LogP contribution is 2.03. The Bertz CT molecular complexity index is 157. The molecule has 0 amide bonds. The van der Waals surface area contributed by atoms with Gasteiger partial charge in [0.2, 0.25) is 0 Å². The summed E-state index contributed by atoms with van der Waals surface area (Å²) in [7, 11) is 0. The standard InChI is InChI=1S/C12H20O/c1-2-3-4-5-6-7-8-9-10-11-12-13/h7-8,10-12H,2-6,9H2,1H3/b8-7+,11-10+. The van der Waals surface area contributed by atoms with Gasteiger partial charge in [-0.25, -0.2) is 0 Å². The Morgan fingerprint density at radius 2 is 1.85 bits per heavy atom. The topological polar surface area (TPSA) is 17.1 Å². The molecule has 0 saturated carbocycles. The molecule has 13 heavy (non-hydrogen) atoms. The zero-order valence-corrected chi connectivity index (χ0v) is 8.54. The van der Waals surface area contributed by atoms with Crippen molar-refractivity contribution in [3.63, 3.8) is 0 Å². The van der Waals surface area contributed by atoms with E-state index in [1.807, 2.05) is 6.08 Å². The lowest BCUT2D eigenvalue weighted by atomic mass is 10.1. The molecule has 0 saturated heterocycles.